The number of aliphatic hydroxyl groups excluding tert-OH is 1. The van der Waals surface area contributed by atoms with Crippen LogP contribution in [0.5, 0.6) is 0 Å². The van der Waals surface area contributed by atoms with Gasteiger partial charge in [0.05, 0.1) is 17.9 Å². The van der Waals surface area contributed by atoms with Gasteiger partial charge in [-0.1, -0.05) is 39.0 Å². The topological polar surface area (TPSA) is 72.8 Å². The minimum Gasteiger partial charge on any atom is -0.462 e. The van der Waals surface area contributed by atoms with Crippen molar-refractivity contribution in [2.75, 3.05) is 0 Å². The summed E-state index contributed by atoms with van der Waals surface area (Å²) >= 11 is 0. The van der Waals surface area contributed by atoms with E-state index in [4.69, 9.17) is 9.47 Å². The van der Waals surface area contributed by atoms with E-state index in [1.165, 1.54) is 5.57 Å². The molecular formula is C26H40O5. The van der Waals surface area contributed by atoms with Crippen molar-refractivity contribution in [3.05, 3.63) is 23.8 Å². The maximum Gasteiger partial charge on any atom is 0.312 e. The van der Waals surface area contributed by atoms with Gasteiger partial charge in [-0.25, -0.2) is 0 Å². The molecule has 7 atom stereocenters. The van der Waals surface area contributed by atoms with Gasteiger partial charge in [-0.05, 0) is 69.8 Å². The fourth-order valence-corrected chi connectivity index (χ4v) is 5.62. The Balaban J connectivity index is 1.83. The summed E-state index contributed by atoms with van der Waals surface area (Å²) in [5.41, 5.74) is 0.178. The first-order valence-electron chi connectivity index (χ1n) is 12.0. The zero-order valence-corrected chi connectivity index (χ0v) is 20.0. The maximum atomic E-state index is 13.1. The minimum atomic E-state index is -0.608. The molecule has 1 fully saturated rings. The van der Waals surface area contributed by atoms with E-state index in [9.17, 15) is 14.7 Å². The molecule has 3 aliphatic rings. The number of allylic oxidation sites excluding steroid dienone is 3. The van der Waals surface area contributed by atoms with Crippen LogP contribution in [0.25, 0.3) is 0 Å². The van der Waals surface area contributed by atoms with Crippen molar-refractivity contribution >= 4 is 11.9 Å². The smallest absolute Gasteiger partial charge is 0.312 e. The van der Waals surface area contributed by atoms with Crippen molar-refractivity contribution in [3.63, 3.8) is 0 Å². The minimum absolute atomic E-state index is 0.0910. The number of rotatable bonds is 6. The van der Waals surface area contributed by atoms with E-state index in [1.807, 2.05) is 20.8 Å². The number of carbonyl (C=O) groups is 2. The second-order valence-corrected chi connectivity index (χ2v) is 10.9. The Labute approximate surface area is 187 Å². The molecule has 0 radical (unpaired) electrons. The average molecular weight is 433 g/mol. The molecule has 0 aromatic rings. The zero-order valence-electron chi connectivity index (χ0n) is 20.0. The molecule has 0 spiro atoms. The van der Waals surface area contributed by atoms with Crippen molar-refractivity contribution in [1.82, 2.24) is 0 Å². The first kappa shape index (κ1) is 24.0. The molecule has 0 aromatic carbocycles. The number of cyclic esters (lactones) is 1. The molecule has 1 N–H and O–H groups in total. The van der Waals surface area contributed by atoms with Gasteiger partial charge in [-0.15, -0.1) is 0 Å². The van der Waals surface area contributed by atoms with Crippen molar-refractivity contribution in [1.29, 1.82) is 0 Å². The number of fused-ring (bicyclic) bond motifs is 1. The van der Waals surface area contributed by atoms with Crippen LogP contribution < -0.4 is 0 Å². The Morgan fingerprint density at radius 1 is 1.32 bits per heavy atom. The van der Waals surface area contributed by atoms with Gasteiger partial charge in [0.15, 0.2) is 0 Å². The van der Waals surface area contributed by atoms with Gasteiger partial charge in [0, 0.05) is 12.3 Å². The second-order valence-electron chi connectivity index (χ2n) is 10.9. The zero-order chi connectivity index (χ0) is 23.0. The molecule has 5 heteroatoms. The fourth-order valence-electron chi connectivity index (χ4n) is 5.62. The summed E-state index contributed by atoms with van der Waals surface area (Å²) < 4.78 is 11.8. The average Bonchev–Trinajstić information content (AvgIpc) is 2.66. The van der Waals surface area contributed by atoms with Gasteiger partial charge in [0.25, 0.3) is 0 Å². The molecule has 174 valence electrons. The third kappa shape index (κ3) is 5.24. The van der Waals surface area contributed by atoms with Crippen LogP contribution in [-0.2, 0) is 19.1 Å². The van der Waals surface area contributed by atoms with Crippen LogP contribution in [0.2, 0.25) is 0 Å². The summed E-state index contributed by atoms with van der Waals surface area (Å²) in [5, 5.41) is 9.96. The van der Waals surface area contributed by atoms with Crippen LogP contribution >= 0.6 is 0 Å². The third-order valence-electron chi connectivity index (χ3n) is 7.74. The predicted octanol–water partition coefficient (Wildman–Crippen LogP) is 4.98. The lowest BCUT2D eigenvalue weighted by Crippen LogP contribution is -2.51. The molecule has 1 aliphatic heterocycles. The van der Waals surface area contributed by atoms with E-state index in [2.05, 4.69) is 39.0 Å². The fraction of sp³-hybridized carbons (Fsp3) is 0.769. The number of hydrogen-bond acceptors (Lipinski definition) is 5. The molecule has 2 unspecified atom stereocenters. The van der Waals surface area contributed by atoms with E-state index in [-0.39, 0.29) is 36.3 Å². The highest BCUT2D eigenvalue weighted by atomic mass is 16.6. The standard InChI is InChI=1S/C26H40O5/c1-7-25(4,5)24(29)31-26(6)15-16(2)12-18-9-8-17(3)21(23(18)26)11-10-20-13-19(27)14-22(28)30-20/h8-9,12,16-17,19-21,23,27H,7,10-11,13-15H2,1-6H3/t16-,17?,19+,20?,21-,23-,26-/m0/s1. The lowest BCUT2D eigenvalue weighted by atomic mass is 9.60. The Hall–Kier alpha value is -1.62. The van der Waals surface area contributed by atoms with E-state index in [1.54, 1.807) is 0 Å². The Morgan fingerprint density at radius 3 is 2.68 bits per heavy atom. The lowest BCUT2D eigenvalue weighted by molar-refractivity contribution is -0.180. The van der Waals surface area contributed by atoms with E-state index < -0.39 is 17.1 Å². The quantitative estimate of drug-likeness (QED) is 0.600. The SMILES string of the molecule is CCC(C)(C)C(=O)O[C@@]1(C)C[C@@H](C)C=C2C=CC(C)[C@H](CCC3C[C@@H](O)CC(=O)O3)[C@H]21. The van der Waals surface area contributed by atoms with Crippen LogP contribution in [0.4, 0.5) is 0 Å². The second kappa shape index (κ2) is 9.09. The molecule has 5 nitrogen and oxygen atoms in total. The van der Waals surface area contributed by atoms with Crippen molar-refractivity contribution in [3.8, 4) is 0 Å². The van der Waals surface area contributed by atoms with Crippen LogP contribution in [-0.4, -0.2) is 34.9 Å². The van der Waals surface area contributed by atoms with Crippen LogP contribution in [0.15, 0.2) is 23.8 Å². The van der Waals surface area contributed by atoms with E-state index >= 15 is 0 Å². The Morgan fingerprint density at radius 2 is 2.03 bits per heavy atom. The number of ether oxygens (including phenoxy) is 2. The first-order valence-corrected chi connectivity index (χ1v) is 12.0. The predicted molar refractivity (Wildman–Crippen MR) is 120 cm³/mol. The highest BCUT2D eigenvalue weighted by molar-refractivity contribution is 5.76. The molecule has 0 saturated carbocycles. The number of carbonyl (C=O) groups excluding carboxylic acids is 2. The number of aliphatic hydroxyl groups is 1. The van der Waals surface area contributed by atoms with Crippen molar-refractivity contribution in [2.24, 2.45) is 29.1 Å². The number of hydrogen-bond donors (Lipinski definition) is 1. The molecule has 0 aromatic heterocycles. The summed E-state index contributed by atoms with van der Waals surface area (Å²) in [7, 11) is 0. The van der Waals surface area contributed by atoms with Crippen molar-refractivity contribution in [2.45, 2.75) is 97.9 Å². The van der Waals surface area contributed by atoms with Gasteiger partial charge in [-0.3, -0.25) is 9.59 Å². The van der Waals surface area contributed by atoms with Gasteiger partial charge >= 0.3 is 11.9 Å². The molecule has 0 bridgehead atoms. The highest BCUT2D eigenvalue weighted by Gasteiger charge is 2.50. The Bertz CT molecular complexity index is 751. The lowest BCUT2D eigenvalue weighted by Gasteiger charge is -2.50. The molecular weight excluding hydrogens is 392 g/mol. The normalized spacial score (nSPS) is 38.2. The molecule has 31 heavy (non-hydrogen) atoms. The van der Waals surface area contributed by atoms with Crippen molar-refractivity contribution < 1.29 is 24.2 Å². The maximum absolute atomic E-state index is 13.1. The van der Waals surface area contributed by atoms with Gasteiger partial charge in [-0.2, -0.15) is 0 Å². The van der Waals surface area contributed by atoms with Crippen LogP contribution in [0.1, 0.15) is 80.1 Å². The third-order valence-corrected chi connectivity index (χ3v) is 7.74. The van der Waals surface area contributed by atoms with E-state index in [0.717, 1.165) is 25.7 Å². The summed E-state index contributed by atoms with van der Waals surface area (Å²) in [4.78, 5) is 24.8. The van der Waals surface area contributed by atoms with Gasteiger partial charge in [0.1, 0.15) is 11.7 Å². The molecule has 0 amide bonds. The number of esters is 2. The molecule has 1 saturated heterocycles. The van der Waals surface area contributed by atoms with Gasteiger partial charge < -0.3 is 14.6 Å². The summed E-state index contributed by atoms with van der Waals surface area (Å²) in [6.45, 7) is 12.4. The molecule has 3 rings (SSSR count). The van der Waals surface area contributed by atoms with Crippen LogP contribution in [0, 0.1) is 29.1 Å². The Kier molecular flexibility index (Phi) is 7.05. The highest BCUT2D eigenvalue weighted by Crippen LogP contribution is 2.50. The summed E-state index contributed by atoms with van der Waals surface area (Å²) in [6.07, 6.45) is 9.66. The van der Waals surface area contributed by atoms with E-state index in [0.29, 0.717) is 18.3 Å². The summed E-state index contributed by atoms with van der Waals surface area (Å²) in [5.74, 6) is 0.622. The first-order chi connectivity index (χ1) is 14.4. The van der Waals surface area contributed by atoms with Gasteiger partial charge in [0.2, 0.25) is 0 Å². The van der Waals surface area contributed by atoms with Crippen LogP contribution in [0.3, 0.4) is 0 Å². The summed E-state index contributed by atoms with van der Waals surface area (Å²) in [6, 6.07) is 0. The largest absolute Gasteiger partial charge is 0.462 e. The monoisotopic (exact) mass is 432 g/mol. The molecule has 1 heterocycles. The molecule has 2 aliphatic carbocycles.